The van der Waals surface area contributed by atoms with Crippen LogP contribution in [0.5, 0.6) is 0 Å². The van der Waals surface area contributed by atoms with Crippen LogP contribution >= 0.6 is 11.3 Å². The third-order valence-corrected chi connectivity index (χ3v) is 7.17. The summed E-state index contributed by atoms with van der Waals surface area (Å²) in [4.78, 5) is 50.2. The van der Waals surface area contributed by atoms with E-state index in [-0.39, 0.29) is 23.9 Å². The van der Waals surface area contributed by atoms with Crippen molar-refractivity contribution < 1.29 is 14.3 Å². The number of hydrogen-bond donors (Lipinski definition) is 0. The SMILES string of the molecule is CCCN1CCN(C(=O)c2sc3ncn(CC(=O)N4CCOCC4)c(=O)c3c2C)CC1. The summed E-state index contributed by atoms with van der Waals surface area (Å²) in [7, 11) is 0. The molecule has 2 fully saturated rings. The fourth-order valence-electron chi connectivity index (χ4n) is 4.17. The molecule has 0 aliphatic carbocycles. The number of fused-ring (bicyclic) bond motifs is 1. The molecular weight excluding hydrogens is 418 g/mol. The molecule has 2 aromatic heterocycles. The first-order valence-electron chi connectivity index (χ1n) is 10.8. The van der Waals surface area contributed by atoms with Crippen LogP contribution in [0.1, 0.15) is 28.6 Å². The summed E-state index contributed by atoms with van der Waals surface area (Å²) in [5.74, 6) is -0.160. The maximum absolute atomic E-state index is 13.1. The van der Waals surface area contributed by atoms with Gasteiger partial charge in [0, 0.05) is 39.3 Å². The number of aromatic nitrogens is 2. The fourth-order valence-corrected chi connectivity index (χ4v) is 5.28. The average Bonchev–Trinajstić information content (AvgIpc) is 3.13. The van der Waals surface area contributed by atoms with Crippen LogP contribution < -0.4 is 5.56 Å². The maximum Gasteiger partial charge on any atom is 0.264 e. The maximum atomic E-state index is 13.1. The molecular formula is C21H29N5O4S. The number of thiophene rings is 1. The molecule has 0 N–H and O–H groups in total. The lowest BCUT2D eigenvalue weighted by Crippen LogP contribution is -2.48. The fraction of sp³-hybridized carbons (Fsp3) is 0.619. The summed E-state index contributed by atoms with van der Waals surface area (Å²) in [5, 5.41) is 0.440. The van der Waals surface area contributed by atoms with Crippen LogP contribution in [0.2, 0.25) is 0 Å². The Balaban J connectivity index is 1.53. The number of ether oxygens (including phenoxy) is 1. The summed E-state index contributed by atoms with van der Waals surface area (Å²) in [5.41, 5.74) is 0.388. The zero-order valence-electron chi connectivity index (χ0n) is 18.1. The van der Waals surface area contributed by atoms with Crippen molar-refractivity contribution in [3.63, 3.8) is 0 Å². The zero-order chi connectivity index (χ0) is 22.0. The van der Waals surface area contributed by atoms with E-state index in [0.29, 0.717) is 60.1 Å². The number of morpholine rings is 1. The molecule has 2 saturated heterocycles. The van der Waals surface area contributed by atoms with E-state index < -0.39 is 0 Å². The standard InChI is InChI=1S/C21H29N5O4S/c1-3-4-23-5-7-25(8-6-23)21(29)18-15(2)17-19(31-18)22-14-26(20(17)28)13-16(27)24-9-11-30-12-10-24/h14H,3-13H2,1-2H3. The minimum absolute atomic E-state index is 0.0352. The Kier molecular flexibility index (Phi) is 6.68. The van der Waals surface area contributed by atoms with Crippen molar-refractivity contribution in [3.05, 3.63) is 27.1 Å². The number of amides is 2. The minimum atomic E-state index is -0.271. The molecule has 2 aliphatic rings. The lowest BCUT2D eigenvalue weighted by molar-refractivity contribution is -0.135. The van der Waals surface area contributed by atoms with Gasteiger partial charge in [0.1, 0.15) is 11.4 Å². The first-order chi connectivity index (χ1) is 15.0. The van der Waals surface area contributed by atoms with Gasteiger partial charge in [0.15, 0.2) is 0 Å². The molecule has 2 amide bonds. The first-order valence-corrected chi connectivity index (χ1v) is 11.7. The van der Waals surface area contributed by atoms with Gasteiger partial charge in [0.05, 0.1) is 29.8 Å². The van der Waals surface area contributed by atoms with Crippen molar-refractivity contribution in [1.29, 1.82) is 0 Å². The van der Waals surface area contributed by atoms with Crippen molar-refractivity contribution in [1.82, 2.24) is 24.3 Å². The van der Waals surface area contributed by atoms with Crippen LogP contribution in [0.15, 0.2) is 11.1 Å². The van der Waals surface area contributed by atoms with E-state index in [1.54, 1.807) is 11.8 Å². The quantitative estimate of drug-likeness (QED) is 0.674. The second-order valence-corrected chi connectivity index (χ2v) is 9.04. The van der Waals surface area contributed by atoms with Crippen LogP contribution in [-0.4, -0.2) is 95.1 Å². The number of rotatable bonds is 5. The van der Waals surface area contributed by atoms with E-state index >= 15 is 0 Å². The number of carbonyl (C=O) groups is 2. The summed E-state index contributed by atoms with van der Waals surface area (Å²) in [6.45, 7) is 10.2. The lowest BCUT2D eigenvalue weighted by Gasteiger charge is -2.34. The van der Waals surface area contributed by atoms with Crippen molar-refractivity contribution in [3.8, 4) is 0 Å². The largest absolute Gasteiger partial charge is 0.378 e. The minimum Gasteiger partial charge on any atom is -0.378 e. The summed E-state index contributed by atoms with van der Waals surface area (Å²) in [6, 6.07) is 0. The van der Waals surface area contributed by atoms with Gasteiger partial charge in [-0.3, -0.25) is 23.9 Å². The molecule has 2 aliphatic heterocycles. The number of aryl methyl sites for hydroxylation is 1. The predicted molar refractivity (Wildman–Crippen MR) is 119 cm³/mol. The molecule has 2 aromatic rings. The summed E-state index contributed by atoms with van der Waals surface area (Å²) >= 11 is 1.27. The zero-order valence-corrected chi connectivity index (χ0v) is 18.9. The molecule has 10 heteroatoms. The van der Waals surface area contributed by atoms with Gasteiger partial charge in [-0.2, -0.15) is 0 Å². The van der Waals surface area contributed by atoms with Crippen LogP contribution in [0, 0.1) is 6.92 Å². The Labute approximate surface area is 185 Å². The Bertz CT molecular complexity index is 1020. The number of hydrogen-bond acceptors (Lipinski definition) is 7. The second kappa shape index (κ2) is 9.46. The highest BCUT2D eigenvalue weighted by Crippen LogP contribution is 2.28. The highest BCUT2D eigenvalue weighted by molar-refractivity contribution is 7.20. The van der Waals surface area contributed by atoms with Gasteiger partial charge in [-0.05, 0) is 25.5 Å². The van der Waals surface area contributed by atoms with Crippen LogP contribution in [0.3, 0.4) is 0 Å². The molecule has 0 atom stereocenters. The van der Waals surface area contributed by atoms with Crippen LogP contribution in [0.25, 0.3) is 10.2 Å². The molecule has 0 spiro atoms. The Morgan fingerprint density at radius 2 is 1.81 bits per heavy atom. The molecule has 31 heavy (non-hydrogen) atoms. The van der Waals surface area contributed by atoms with Crippen molar-refractivity contribution in [2.45, 2.75) is 26.8 Å². The summed E-state index contributed by atoms with van der Waals surface area (Å²) < 4.78 is 6.62. The topological polar surface area (TPSA) is 88.0 Å². The molecule has 0 bridgehead atoms. The van der Waals surface area contributed by atoms with Gasteiger partial charge >= 0.3 is 0 Å². The first kappa shape index (κ1) is 21.9. The molecule has 0 radical (unpaired) electrons. The Hall–Kier alpha value is -2.30. The van der Waals surface area contributed by atoms with E-state index in [2.05, 4.69) is 16.8 Å². The third-order valence-electron chi connectivity index (χ3n) is 5.98. The second-order valence-electron chi connectivity index (χ2n) is 8.04. The van der Waals surface area contributed by atoms with Crippen molar-refractivity contribution in [2.75, 3.05) is 59.0 Å². The van der Waals surface area contributed by atoms with Gasteiger partial charge in [-0.1, -0.05) is 6.92 Å². The third kappa shape index (κ3) is 4.51. The highest BCUT2D eigenvalue weighted by Gasteiger charge is 2.27. The van der Waals surface area contributed by atoms with Gasteiger partial charge in [0.2, 0.25) is 5.91 Å². The van der Waals surface area contributed by atoms with Gasteiger partial charge in [-0.25, -0.2) is 4.98 Å². The number of carbonyl (C=O) groups excluding carboxylic acids is 2. The molecule has 0 aromatic carbocycles. The predicted octanol–water partition coefficient (Wildman–Crippen LogP) is 0.793. The molecule has 0 saturated carbocycles. The highest BCUT2D eigenvalue weighted by atomic mass is 32.1. The lowest BCUT2D eigenvalue weighted by atomic mass is 10.2. The molecule has 168 valence electrons. The number of piperazine rings is 1. The van der Waals surface area contributed by atoms with E-state index in [4.69, 9.17) is 4.74 Å². The Morgan fingerprint density at radius 1 is 1.10 bits per heavy atom. The van der Waals surface area contributed by atoms with Crippen molar-refractivity contribution >= 4 is 33.4 Å². The van der Waals surface area contributed by atoms with Gasteiger partial charge in [0.25, 0.3) is 11.5 Å². The molecule has 0 unspecified atom stereocenters. The van der Waals surface area contributed by atoms with Gasteiger partial charge in [-0.15, -0.1) is 11.3 Å². The summed E-state index contributed by atoms with van der Waals surface area (Å²) in [6.07, 6.45) is 2.52. The van der Waals surface area contributed by atoms with Gasteiger partial charge < -0.3 is 14.5 Å². The van der Waals surface area contributed by atoms with E-state index in [1.165, 1.54) is 22.2 Å². The Morgan fingerprint density at radius 3 is 2.48 bits per heavy atom. The van der Waals surface area contributed by atoms with E-state index in [1.807, 2.05) is 4.90 Å². The van der Waals surface area contributed by atoms with Crippen molar-refractivity contribution in [2.24, 2.45) is 0 Å². The monoisotopic (exact) mass is 447 g/mol. The molecule has 9 nitrogen and oxygen atoms in total. The van der Waals surface area contributed by atoms with E-state index in [0.717, 1.165) is 26.1 Å². The molecule has 4 rings (SSSR count). The van der Waals surface area contributed by atoms with Crippen LogP contribution in [-0.2, 0) is 16.1 Å². The number of nitrogens with zero attached hydrogens (tertiary/aromatic N) is 5. The molecule has 4 heterocycles. The normalized spacial score (nSPS) is 18.0. The smallest absolute Gasteiger partial charge is 0.264 e. The van der Waals surface area contributed by atoms with Crippen LogP contribution in [0.4, 0.5) is 0 Å². The van der Waals surface area contributed by atoms with E-state index in [9.17, 15) is 14.4 Å². The average molecular weight is 448 g/mol.